The van der Waals surface area contributed by atoms with Gasteiger partial charge in [0.05, 0.1) is 55.2 Å². The molecule has 0 saturated carbocycles. The first-order chi connectivity index (χ1) is 25.8. The molecule has 0 spiro atoms. The molecule has 6 heterocycles. The average Bonchev–Trinajstić information content (AvgIpc) is 3.93. The first kappa shape index (κ1) is 27.4. The molecule has 0 N–H and O–H groups in total. The Morgan fingerprint density at radius 1 is 0.346 bits per heavy atom. The van der Waals surface area contributed by atoms with Gasteiger partial charge in [0, 0.05) is 23.2 Å². The minimum Gasteiger partial charge on any atom is -0.276 e. The minimum atomic E-state index is 0.579. The van der Waals surface area contributed by atoms with Crippen molar-refractivity contribution in [2.75, 3.05) is 0 Å². The van der Waals surface area contributed by atoms with Gasteiger partial charge in [-0.1, -0.05) is 72.8 Å². The molecule has 0 aliphatic heterocycles. The summed E-state index contributed by atoms with van der Waals surface area (Å²) in [7, 11) is 0. The Hall–Kier alpha value is -7.46. The van der Waals surface area contributed by atoms with Gasteiger partial charge in [0.25, 0.3) is 0 Å². The van der Waals surface area contributed by atoms with Gasteiger partial charge in [-0.05, 0) is 71.8 Å². The first-order valence-corrected chi connectivity index (χ1v) is 17.0. The third-order valence-electron chi connectivity index (χ3n) is 10.1. The summed E-state index contributed by atoms with van der Waals surface area (Å²) in [6, 6.07) is 45.6. The second-order valence-electron chi connectivity index (χ2n) is 13.0. The molecule has 10 heteroatoms. The third-order valence-corrected chi connectivity index (χ3v) is 10.1. The molecule has 0 amide bonds. The molecular formula is C42H24N10. The lowest BCUT2D eigenvalue weighted by Crippen LogP contribution is -2.01. The van der Waals surface area contributed by atoms with E-state index < -0.39 is 0 Å². The smallest absolute Gasteiger partial charge is 0.237 e. The maximum Gasteiger partial charge on any atom is 0.237 e. The van der Waals surface area contributed by atoms with Crippen molar-refractivity contribution < 1.29 is 0 Å². The van der Waals surface area contributed by atoms with Crippen molar-refractivity contribution >= 4 is 77.5 Å². The molecule has 6 aromatic carbocycles. The Kier molecular flexibility index (Phi) is 5.29. The van der Waals surface area contributed by atoms with Crippen molar-refractivity contribution in [1.82, 2.24) is 47.8 Å². The van der Waals surface area contributed by atoms with Crippen LogP contribution < -0.4 is 0 Å². The number of hydrogen-bond acceptors (Lipinski definition) is 6. The number of nitrogens with zero attached hydrogens (tertiary/aromatic N) is 10. The lowest BCUT2D eigenvalue weighted by atomic mass is 10.0. The molecule has 0 unspecified atom stereocenters. The van der Waals surface area contributed by atoms with Crippen molar-refractivity contribution in [3.8, 4) is 23.0 Å². The van der Waals surface area contributed by atoms with Crippen LogP contribution in [0, 0.1) is 0 Å². The molecular weight excluding hydrogens is 645 g/mol. The van der Waals surface area contributed by atoms with Gasteiger partial charge in [0.1, 0.15) is 0 Å². The molecule has 6 aromatic heterocycles. The van der Waals surface area contributed by atoms with Gasteiger partial charge in [-0.3, -0.25) is 8.80 Å². The summed E-state index contributed by atoms with van der Waals surface area (Å²) in [6.07, 6.45) is 3.75. The summed E-state index contributed by atoms with van der Waals surface area (Å²) in [6.45, 7) is 0. The quantitative estimate of drug-likeness (QED) is 0.187. The molecule has 0 aliphatic carbocycles. The zero-order valence-electron chi connectivity index (χ0n) is 27.3. The van der Waals surface area contributed by atoms with Crippen molar-refractivity contribution in [1.29, 1.82) is 0 Å². The minimum absolute atomic E-state index is 0.579. The lowest BCUT2D eigenvalue weighted by Gasteiger charge is -2.07. The van der Waals surface area contributed by atoms with Crippen LogP contribution in [0.15, 0.2) is 146 Å². The fourth-order valence-electron chi connectivity index (χ4n) is 7.69. The highest BCUT2D eigenvalue weighted by Gasteiger charge is 2.22. The Morgan fingerprint density at radius 3 is 1.25 bits per heavy atom. The highest BCUT2D eigenvalue weighted by atomic mass is 15.3. The molecule has 0 radical (unpaired) electrons. The van der Waals surface area contributed by atoms with Crippen molar-refractivity contribution in [2.24, 2.45) is 0 Å². The van der Waals surface area contributed by atoms with Gasteiger partial charge in [-0.25, -0.2) is 39.0 Å². The Morgan fingerprint density at radius 2 is 0.769 bits per heavy atom. The van der Waals surface area contributed by atoms with Gasteiger partial charge >= 0.3 is 0 Å². The highest BCUT2D eigenvalue weighted by molar-refractivity contribution is 5.97. The van der Waals surface area contributed by atoms with E-state index in [0.717, 1.165) is 88.6 Å². The molecule has 0 fully saturated rings. The van der Waals surface area contributed by atoms with Crippen LogP contribution in [-0.2, 0) is 0 Å². The van der Waals surface area contributed by atoms with Gasteiger partial charge in [0.15, 0.2) is 0 Å². The van der Waals surface area contributed by atoms with Crippen LogP contribution in [0.25, 0.3) is 101 Å². The molecule has 12 aromatic rings. The molecule has 0 aliphatic rings. The highest BCUT2D eigenvalue weighted by Crippen LogP contribution is 2.35. The molecule has 0 bridgehead atoms. The Labute approximate surface area is 293 Å². The van der Waals surface area contributed by atoms with E-state index in [-0.39, 0.29) is 0 Å². The van der Waals surface area contributed by atoms with Gasteiger partial charge < -0.3 is 0 Å². The second kappa shape index (κ2) is 10.1. The first-order valence-electron chi connectivity index (χ1n) is 17.0. The maximum atomic E-state index is 5.08. The van der Waals surface area contributed by atoms with Crippen LogP contribution in [0.2, 0.25) is 0 Å². The van der Waals surface area contributed by atoms with Crippen molar-refractivity contribution in [3.05, 3.63) is 146 Å². The molecule has 10 nitrogen and oxygen atoms in total. The normalized spacial score (nSPS) is 12.2. The standard InChI is InChI=1S/C42H24N10/c1-3-11-29-27(9-1)23-43-39(45-29)51-35-19-17-25(21-37(35)49-33-15-7-5-13-31(33)47-41(49)51)26-18-20-36-38(22-26)50-34-16-8-6-14-32(34)48-42(50)52(36)40-44-24-28-10-2-4-12-30(28)46-40/h1-24H. The molecule has 0 saturated heterocycles. The number of para-hydroxylation sites is 6. The Balaban J connectivity index is 1.11. The number of fused-ring (bicyclic) bond motifs is 12. The zero-order valence-corrected chi connectivity index (χ0v) is 27.3. The summed E-state index contributed by atoms with van der Waals surface area (Å²) in [5.74, 6) is 2.68. The zero-order chi connectivity index (χ0) is 33.9. The largest absolute Gasteiger partial charge is 0.276 e. The van der Waals surface area contributed by atoms with E-state index in [4.69, 9.17) is 29.9 Å². The van der Waals surface area contributed by atoms with E-state index >= 15 is 0 Å². The van der Waals surface area contributed by atoms with Gasteiger partial charge in [-0.15, -0.1) is 0 Å². The predicted octanol–water partition coefficient (Wildman–Crippen LogP) is 8.73. The number of hydrogen-bond donors (Lipinski definition) is 0. The van der Waals surface area contributed by atoms with E-state index in [0.29, 0.717) is 11.9 Å². The van der Waals surface area contributed by atoms with Crippen LogP contribution in [0.4, 0.5) is 0 Å². The molecule has 12 rings (SSSR count). The molecule has 0 atom stereocenters. The van der Waals surface area contributed by atoms with Crippen LogP contribution in [0.5, 0.6) is 0 Å². The van der Waals surface area contributed by atoms with Crippen LogP contribution in [0.3, 0.4) is 0 Å². The predicted molar refractivity (Wildman–Crippen MR) is 204 cm³/mol. The van der Waals surface area contributed by atoms with Crippen LogP contribution in [-0.4, -0.2) is 47.8 Å². The SMILES string of the molecule is c1ccc2nc(-n3c4ccc(-c5ccc6c(c5)n5c7ccccc7nc5n6-c5ncc6ccccc6n5)cc4n4c5ccccc5nc34)ncc2c1. The van der Waals surface area contributed by atoms with Crippen LogP contribution in [0.1, 0.15) is 0 Å². The second-order valence-corrected chi connectivity index (χ2v) is 13.0. The summed E-state index contributed by atoms with van der Waals surface area (Å²) in [5, 5.41) is 1.98. The topological polar surface area (TPSA) is 96.0 Å². The summed E-state index contributed by atoms with van der Waals surface area (Å²) >= 11 is 0. The average molecular weight is 669 g/mol. The summed E-state index contributed by atoms with van der Waals surface area (Å²) < 4.78 is 8.53. The van der Waals surface area contributed by atoms with E-state index in [1.807, 2.05) is 85.2 Å². The Bertz CT molecular complexity index is 3210. The summed E-state index contributed by atoms with van der Waals surface area (Å²) in [4.78, 5) is 29.7. The van der Waals surface area contributed by atoms with Gasteiger partial charge in [0.2, 0.25) is 23.5 Å². The van der Waals surface area contributed by atoms with E-state index in [9.17, 15) is 0 Å². The fraction of sp³-hybridized carbons (Fsp3) is 0. The van der Waals surface area contributed by atoms with Gasteiger partial charge in [-0.2, -0.15) is 0 Å². The monoisotopic (exact) mass is 668 g/mol. The van der Waals surface area contributed by atoms with E-state index in [1.165, 1.54) is 0 Å². The number of aromatic nitrogens is 10. The van der Waals surface area contributed by atoms with E-state index in [1.54, 1.807) is 0 Å². The summed E-state index contributed by atoms with van der Waals surface area (Å²) in [5.41, 5.74) is 11.7. The fourth-order valence-corrected chi connectivity index (χ4v) is 7.69. The molecule has 52 heavy (non-hydrogen) atoms. The maximum absolute atomic E-state index is 5.08. The third kappa shape index (κ3) is 3.72. The van der Waals surface area contributed by atoms with Crippen molar-refractivity contribution in [3.63, 3.8) is 0 Å². The van der Waals surface area contributed by atoms with E-state index in [2.05, 4.69) is 78.6 Å². The van der Waals surface area contributed by atoms with Crippen molar-refractivity contribution in [2.45, 2.75) is 0 Å². The number of imidazole rings is 4. The molecule has 242 valence electrons. The van der Waals surface area contributed by atoms with Crippen LogP contribution >= 0.6 is 0 Å². The number of benzene rings is 6. The lowest BCUT2D eigenvalue weighted by molar-refractivity contribution is 0.983. The number of rotatable bonds is 3.